The fourth-order valence-corrected chi connectivity index (χ4v) is 1.42. The molecule has 0 amide bonds. The van der Waals surface area contributed by atoms with Gasteiger partial charge in [-0.15, -0.1) is 24.0 Å². The van der Waals surface area contributed by atoms with Crippen molar-refractivity contribution in [1.29, 1.82) is 0 Å². The molecule has 194 valence electrons. The summed E-state index contributed by atoms with van der Waals surface area (Å²) in [5, 5.41) is 16.0. The predicted molar refractivity (Wildman–Crippen MR) is 159 cm³/mol. The van der Waals surface area contributed by atoms with E-state index in [1.54, 1.807) is 0 Å². The Bertz CT molecular complexity index is 422. The van der Waals surface area contributed by atoms with Crippen LogP contribution in [0.5, 0.6) is 0 Å². The van der Waals surface area contributed by atoms with Crippen LogP contribution in [0.1, 0.15) is 54.9 Å². The van der Waals surface area contributed by atoms with E-state index in [9.17, 15) is 14.4 Å². The van der Waals surface area contributed by atoms with E-state index >= 15 is 0 Å². The molecule has 0 radical (unpaired) electrons. The molecule has 8 nitrogen and oxygen atoms in total. The van der Waals surface area contributed by atoms with E-state index in [2.05, 4.69) is 72.4 Å². The number of hydrogen-bond donors (Lipinski definition) is 2. The summed E-state index contributed by atoms with van der Waals surface area (Å²) in [6.45, 7) is 16.4. The van der Waals surface area contributed by atoms with E-state index in [1.807, 2.05) is 19.1 Å². The van der Waals surface area contributed by atoms with E-state index in [1.165, 1.54) is 52.6 Å². The van der Waals surface area contributed by atoms with Crippen LogP contribution in [0.3, 0.4) is 0 Å². The van der Waals surface area contributed by atoms with Crippen LogP contribution in [-0.4, -0.2) is 72.5 Å². The summed E-state index contributed by atoms with van der Waals surface area (Å²) in [5.41, 5.74) is 0. The van der Waals surface area contributed by atoms with Gasteiger partial charge in [-0.2, -0.15) is 0 Å². The minimum absolute atomic E-state index is 0. The van der Waals surface area contributed by atoms with Crippen molar-refractivity contribution >= 4 is 79.1 Å². The van der Waals surface area contributed by atoms with Gasteiger partial charge in [-0.25, -0.2) is 0 Å². The van der Waals surface area contributed by atoms with Crippen LogP contribution < -0.4 is 0 Å². The molecule has 0 aromatic rings. The molecule has 11 heteroatoms. The average Bonchev–Trinajstić information content (AvgIpc) is 2.73. The third kappa shape index (κ3) is 69.9. The number of carbonyl (C=O) groups excluding carboxylic acids is 3. The van der Waals surface area contributed by atoms with Gasteiger partial charge in [-0.1, -0.05) is 52.0 Å². The van der Waals surface area contributed by atoms with E-state index in [0.717, 1.165) is 6.42 Å². The minimum atomic E-state index is -0.562. The van der Waals surface area contributed by atoms with Gasteiger partial charge >= 0.3 is 17.9 Å². The largest absolute Gasteiger partial charge is 0.462 e. The second kappa shape index (κ2) is 44.8. The normalized spacial score (nSPS) is 8.88. The standard InChI is InChI=1S/C7H12O2.C6H15N.C4H6O3.C4H8O2.I2.HI/c1-3-4-5-6-9-7(2)8;1-4-7(5-2)6-3;1-3(5)7-4(2)6;5-3-1-2-4-6;1-2;/h4-5H,3,6H2,1-2H3;4-6H2,1-3H3;1-2H3;1-2,5-6H,3-4H2;;1H/b5-4-;;;2-1-;;. The van der Waals surface area contributed by atoms with Crippen LogP contribution >= 0.6 is 61.2 Å². The molecule has 0 saturated heterocycles. The number of aliphatic hydroxyl groups is 2. The summed E-state index contributed by atoms with van der Waals surface area (Å²) in [6.07, 6.45) is 7.76. The number of allylic oxidation sites excluding steroid dienone is 1. The van der Waals surface area contributed by atoms with Gasteiger partial charge in [0.05, 0.1) is 13.2 Å². The van der Waals surface area contributed by atoms with Crippen LogP contribution in [0.25, 0.3) is 0 Å². The summed E-state index contributed by atoms with van der Waals surface area (Å²) < 4.78 is 8.59. The molecule has 0 aliphatic rings. The summed E-state index contributed by atoms with van der Waals surface area (Å²) in [7, 11) is 0. The van der Waals surface area contributed by atoms with Gasteiger partial charge in [-0.3, -0.25) is 14.4 Å². The Balaban J connectivity index is -0.0000000685. The zero-order valence-corrected chi connectivity index (χ0v) is 27.0. The van der Waals surface area contributed by atoms with Crippen LogP contribution in [0.4, 0.5) is 0 Å². The lowest BCUT2D eigenvalue weighted by molar-refractivity contribution is -0.156. The van der Waals surface area contributed by atoms with E-state index in [4.69, 9.17) is 10.2 Å². The molecule has 0 aliphatic heterocycles. The first kappa shape index (κ1) is 45.6. The zero-order valence-electron chi connectivity index (χ0n) is 20.3. The maximum absolute atomic E-state index is 10.2. The lowest BCUT2D eigenvalue weighted by Gasteiger charge is -2.13. The van der Waals surface area contributed by atoms with Gasteiger partial charge in [0.25, 0.3) is 0 Å². The van der Waals surface area contributed by atoms with E-state index in [-0.39, 0.29) is 43.2 Å². The number of rotatable bonds is 8. The number of ether oxygens (including phenoxy) is 2. The third-order valence-corrected chi connectivity index (χ3v) is 2.79. The number of carbonyl (C=O) groups is 3. The number of halogens is 3. The fraction of sp³-hybridized carbons (Fsp3) is 0.667. The third-order valence-electron chi connectivity index (χ3n) is 2.79. The Morgan fingerprint density at radius 1 is 0.750 bits per heavy atom. The monoisotopic (exact) mass is 801 g/mol. The topological polar surface area (TPSA) is 113 Å². The molecule has 32 heavy (non-hydrogen) atoms. The van der Waals surface area contributed by atoms with Crippen molar-refractivity contribution in [2.75, 3.05) is 39.5 Å². The minimum Gasteiger partial charge on any atom is -0.462 e. The first-order valence-electron chi connectivity index (χ1n) is 9.87. The lowest BCUT2D eigenvalue weighted by Crippen LogP contribution is -2.21. The first-order chi connectivity index (χ1) is 14.7. The quantitative estimate of drug-likeness (QED) is 0.155. The van der Waals surface area contributed by atoms with Crippen LogP contribution in [-0.2, 0) is 23.9 Å². The Kier molecular flexibility index (Phi) is 63.8. The van der Waals surface area contributed by atoms with Gasteiger partial charge in [-0.05, 0) is 26.1 Å². The number of aliphatic hydroxyl groups excluding tert-OH is 2. The highest BCUT2D eigenvalue weighted by Gasteiger charge is 1.93. The van der Waals surface area contributed by atoms with Crippen molar-refractivity contribution in [3.63, 3.8) is 0 Å². The predicted octanol–water partition coefficient (Wildman–Crippen LogP) is 4.88. The number of esters is 3. The summed E-state index contributed by atoms with van der Waals surface area (Å²) in [5.74, 6) is -1.35. The van der Waals surface area contributed by atoms with Gasteiger partial charge in [0, 0.05) is 58.0 Å². The van der Waals surface area contributed by atoms with Crippen molar-refractivity contribution in [1.82, 2.24) is 4.90 Å². The molecular formula is C21H42I3NO7. The molecule has 0 aliphatic carbocycles. The second-order valence-electron chi connectivity index (χ2n) is 5.22. The molecule has 0 spiro atoms. The number of hydrogen-bond acceptors (Lipinski definition) is 8. The SMILES string of the molecule is CC(=O)OC(C)=O.CC/C=C\COC(C)=O.CCN(CC)CC.I.II.OC/C=C\CO. The van der Waals surface area contributed by atoms with Crippen LogP contribution in [0.15, 0.2) is 24.3 Å². The van der Waals surface area contributed by atoms with E-state index < -0.39 is 11.9 Å². The maximum atomic E-state index is 10.2. The maximum Gasteiger partial charge on any atom is 0.310 e. The van der Waals surface area contributed by atoms with Crippen LogP contribution in [0.2, 0.25) is 0 Å². The highest BCUT2D eigenvalue weighted by molar-refractivity contribution is 15.0. The molecule has 0 unspecified atom stereocenters. The smallest absolute Gasteiger partial charge is 0.310 e. The highest BCUT2D eigenvalue weighted by Crippen LogP contribution is 1.89. The van der Waals surface area contributed by atoms with Crippen molar-refractivity contribution in [3.8, 4) is 0 Å². The molecule has 0 saturated carbocycles. The number of nitrogens with zero attached hydrogens (tertiary/aromatic N) is 1. The van der Waals surface area contributed by atoms with Crippen molar-refractivity contribution < 1.29 is 34.1 Å². The highest BCUT2D eigenvalue weighted by atomic mass is 128. The van der Waals surface area contributed by atoms with Gasteiger partial charge < -0.3 is 24.6 Å². The molecule has 0 rings (SSSR count). The molecule has 0 heterocycles. The molecular weight excluding hydrogens is 759 g/mol. The molecule has 0 fully saturated rings. The van der Waals surface area contributed by atoms with E-state index in [0.29, 0.717) is 6.61 Å². The molecule has 0 aromatic heterocycles. The summed E-state index contributed by atoms with van der Waals surface area (Å²) in [6, 6.07) is 0. The van der Waals surface area contributed by atoms with Gasteiger partial charge in [0.15, 0.2) is 0 Å². The van der Waals surface area contributed by atoms with Crippen molar-refractivity contribution in [2.24, 2.45) is 0 Å². The molecule has 0 atom stereocenters. The zero-order chi connectivity index (χ0) is 25.5. The lowest BCUT2D eigenvalue weighted by atomic mass is 10.4. The Morgan fingerprint density at radius 3 is 1.28 bits per heavy atom. The molecule has 0 aromatic carbocycles. The van der Waals surface area contributed by atoms with Gasteiger partial charge in [0.1, 0.15) is 6.61 Å². The van der Waals surface area contributed by atoms with Crippen molar-refractivity contribution in [3.05, 3.63) is 24.3 Å². The molecule has 0 bridgehead atoms. The average molecular weight is 801 g/mol. The second-order valence-corrected chi connectivity index (χ2v) is 5.22. The van der Waals surface area contributed by atoms with Gasteiger partial charge in [0.2, 0.25) is 0 Å². The summed E-state index contributed by atoms with van der Waals surface area (Å²) in [4.78, 5) is 32.1. The Morgan fingerprint density at radius 2 is 1.12 bits per heavy atom. The Labute approximate surface area is 234 Å². The van der Waals surface area contributed by atoms with Crippen LogP contribution in [0, 0.1) is 0 Å². The molecule has 2 N–H and O–H groups in total. The first-order valence-corrected chi connectivity index (χ1v) is 16.2. The fourth-order valence-electron chi connectivity index (χ4n) is 1.42. The van der Waals surface area contributed by atoms with Crippen molar-refractivity contribution in [2.45, 2.75) is 54.9 Å². The summed E-state index contributed by atoms with van der Waals surface area (Å²) >= 11 is 4.24. The Hall–Kier alpha value is 0.160.